The normalized spacial score (nSPS) is 33.6. The lowest BCUT2D eigenvalue weighted by molar-refractivity contribution is -0.168. The molecule has 0 aliphatic heterocycles. The molecule has 2 aliphatic rings. The van der Waals surface area contributed by atoms with E-state index in [0.29, 0.717) is 5.92 Å². The van der Waals surface area contributed by atoms with E-state index in [4.69, 9.17) is 9.53 Å². The maximum Gasteiger partial charge on any atom is 0.374 e. The number of hydrogen-bond acceptors (Lipinski definition) is 2. The van der Waals surface area contributed by atoms with Crippen LogP contribution in [0.2, 0.25) is 18.1 Å². The smallest absolute Gasteiger partial charge is 0.374 e. The second-order valence-electron chi connectivity index (χ2n) is 10.8. The van der Waals surface area contributed by atoms with Crippen LogP contribution >= 0.6 is 0 Å². The van der Waals surface area contributed by atoms with Gasteiger partial charge in [0.2, 0.25) is 0 Å². The topological polar surface area (TPSA) is 46.5 Å². The Balaban J connectivity index is 2.17. The van der Waals surface area contributed by atoms with Crippen LogP contribution in [-0.4, -0.2) is 31.4 Å². The molecule has 2 saturated carbocycles. The zero-order valence-corrected chi connectivity index (χ0v) is 19.1. The fourth-order valence-corrected chi connectivity index (χ4v) is 6.82. The highest BCUT2D eigenvalue weighted by molar-refractivity contribution is 6.74. The van der Waals surface area contributed by atoms with Crippen molar-refractivity contribution < 1.29 is 23.1 Å². The summed E-state index contributed by atoms with van der Waals surface area (Å²) in [7, 11) is -1.89. The molecule has 2 aliphatic carbocycles. The molecule has 0 bridgehead atoms. The summed E-state index contributed by atoms with van der Waals surface area (Å²) in [5, 5.41) is 8.96. The molecule has 6 heteroatoms. The van der Waals surface area contributed by atoms with E-state index in [2.05, 4.69) is 40.8 Å². The molecule has 0 saturated heterocycles. The van der Waals surface area contributed by atoms with Gasteiger partial charge in [-0.2, -0.15) is 8.78 Å². The minimum atomic E-state index is -3.64. The molecular weight excluding hydrogens is 366 g/mol. The molecule has 0 aromatic rings. The second-order valence-corrected chi connectivity index (χ2v) is 15.6. The van der Waals surface area contributed by atoms with Gasteiger partial charge >= 0.3 is 11.9 Å². The molecule has 0 aromatic carbocycles. The molecule has 0 amide bonds. The van der Waals surface area contributed by atoms with Gasteiger partial charge in [-0.05, 0) is 67.0 Å². The number of rotatable bonds is 6. The Labute approximate surface area is 164 Å². The number of fused-ring (bicyclic) bond motifs is 1. The molecule has 0 spiro atoms. The van der Waals surface area contributed by atoms with E-state index in [0.717, 1.165) is 32.1 Å². The standard InChI is InChI=1S/C21H38F2O3Si/c1-14(13-21(22,23)18(24)25)15-10-11-16-17(9-8-12-20(15,16)5)26-27(6,7)19(2,3)4/h14-17H,8-13H2,1-7H3,(H,24,25)/t14-,15-,16+,17+,20-/m1/s1. The van der Waals surface area contributed by atoms with Gasteiger partial charge < -0.3 is 9.53 Å². The van der Waals surface area contributed by atoms with Crippen molar-refractivity contribution in [2.75, 3.05) is 0 Å². The molecule has 2 fully saturated rings. The van der Waals surface area contributed by atoms with Crippen molar-refractivity contribution in [1.29, 1.82) is 0 Å². The van der Waals surface area contributed by atoms with Crippen molar-refractivity contribution >= 4 is 14.3 Å². The van der Waals surface area contributed by atoms with Crippen LogP contribution in [0.5, 0.6) is 0 Å². The quantitative estimate of drug-likeness (QED) is 0.525. The highest BCUT2D eigenvalue weighted by atomic mass is 28.4. The number of hydrogen-bond donors (Lipinski definition) is 1. The predicted molar refractivity (Wildman–Crippen MR) is 107 cm³/mol. The number of carbonyl (C=O) groups is 1. The second kappa shape index (κ2) is 7.40. The summed E-state index contributed by atoms with van der Waals surface area (Å²) in [5.41, 5.74) is -0.0285. The van der Waals surface area contributed by atoms with Gasteiger partial charge in [-0.1, -0.05) is 41.0 Å². The van der Waals surface area contributed by atoms with Gasteiger partial charge in [-0.3, -0.25) is 0 Å². The van der Waals surface area contributed by atoms with Crippen LogP contribution < -0.4 is 0 Å². The minimum Gasteiger partial charge on any atom is -0.477 e. The van der Waals surface area contributed by atoms with Crippen LogP contribution in [0.4, 0.5) is 8.78 Å². The van der Waals surface area contributed by atoms with Crippen molar-refractivity contribution in [2.45, 2.75) is 103 Å². The Morgan fingerprint density at radius 3 is 2.37 bits per heavy atom. The fraction of sp³-hybridized carbons (Fsp3) is 0.952. The summed E-state index contributed by atoms with van der Waals surface area (Å²) in [5.74, 6) is -5.42. The SMILES string of the molecule is C[C@H](CC(F)(F)C(=O)O)[C@H]1CC[C@H]2[C@@H](O[Si](C)(C)C(C)(C)C)CCC[C@]12C. The average Bonchev–Trinajstić information content (AvgIpc) is 2.83. The third-order valence-corrected chi connectivity index (χ3v) is 12.5. The third-order valence-electron chi connectivity index (χ3n) is 7.97. The Bertz CT molecular complexity index is 558. The van der Waals surface area contributed by atoms with Gasteiger partial charge in [0.1, 0.15) is 0 Å². The molecular formula is C21H38F2O3Si. The summed E-state index contributed by atoms with van der Waals surface area (Å²) in [6.07, 6.45) is 4.69. The van der Waals surface area contributed by atoms with Gasteiger partial charge in [-0.25, -0.2) is 4.79 Å². The number of carboxylic acid groups (broad SMARTS) is 1. The van der Waals surface area contributed by atoms with Gasteiger partial charge in [-0.15, -0.1) is 0 Å². The van der Waals surface area contributed by atoms with E-state index in [1.54, 1.807) is 0 Å². The molecule has 0 unspecified atom stereocenters. The summed E-state index contributed by atoms with van der Waals surface area (Å²) >= 11 is 0. The first-order chi connectivity index (χ1) is 12.1. The van der Waals surface area contributed by atoms with Crippen LogP contribution in [0.15, 0.2) is 0 Å². The van der Waals surface area contributed by atoms with E-state index in [9.17, 15) is 13.6 Å². The molecule has 0 aromatic heterocycles. The summed E-state index contributed by atoms with van der Waals surface area (Å²) in [6.45, 7) is 15.3. The minimum absolute atomic E-state index is 0.0285. The Hall–Kier alpha value is -0.493. The zero-order chi connectivity index (χ0) is 20.8. The van der Waals surface area contributed by atoms with E-state index in [1.807, 2.05) is 6.92 Å². The lowest BCUT2D eigenvalue weighted by atomic mass is 9.61. The molecule has 0 heterocycles. The van der Waals surface area contributed by atoms with E-state index in [-0.39, 0.29) is 28.4 Å². The van der Waals surface area contributed by atoms with E-state index < -0.39 is 26.6 Å². The first kappa shape index (κ1) is 22.8. The summed E-state index contributed by atoms with van der Waals surface area (Å²) in [6, 6.07) is 0. The molecule has 5 atom stereocenters. The van der Waals surface area contributed by atoms with Gasteiger partial charge in [0.25, 0.3) is 0 Å². The maximum atomic E-state index is 13.8. The Morgan fingerprint density at radius 2 is 1.85 bits per heavy atom. The van der Waals surface area contributed by atoms with Gasteiger partial charge in [0, 0.05) is 12.5 Å². The first-order valence-corrected chi connectivity index (χ1v) is 13.3. The monoisotopic (exact) mass is 404 g/mol. The highest BCUT2D eigenvalue weighted by Crippen LogP contribution is 2.60. The van der Waals surface area contributed by atoms with Crippen LogP contribution in [0.25, 0.3) is 0 Å². The first-order valence-electron chi connectivity index (χ1n) is 10.4. The van der Waals surface area contributed by atoms with Crippen molar-refractivity contribution in [3.05, 3.63) is 0 Å². The Kier molecular flexibility index (Phi) is 6.24. The third kappa shape index (κ3) is 4.41. The van der Waals surface area contributed by atoms with Crippen LogP contribution in [0, 0.1) is 23.2 Å². The van der Waals surface area contributed by atoms with Crippen molar-refractivity contribution in [1.82, 2.24) is 0 Å². The Morgan fingerprint density at radius 1 is 1.26 bits per heavy atom. The largest absolute Gasteiger partial charge is 0.477 e. The zero-order valence-electron chi connectivity index (χ0n) is 18.1. The van der Waals surface area contributed by atoms with Crippen LogP contribution in [-0.2, 0) is 9.22 Å². The van der Waals surface area contributed by atoms with Crippen molar-refractivity contribution in [3.8, 4) is 0 Å². The summed E-state index contributed by atoms with van der Waals surface area (Å²) in [4.78, 5) is 10.9. The maximum absolute atomic E-state index is 13.8. The molecule has 27 heavy (non-hydrogen) atoms. The fourth-order valence-electron chi connectivity index (χ4n) is 5.42. The molecule has 2 rings (SSSR count). The number of carboxylic acids is 1. The van der Waals surface area contributed by atoms with Gasteiger partial charge in [0.05, 0.1) is 0 Å². The van der Waals surface area contributed by atoms with Crippen molar-refractivity contribution in [3.63, 3.8) is 0 Å². The lowest BCUT2D eigenvalue weighted by Gasteiger charge is -2.50. The molecule has 3 nitrogen and oxygen atoms in total. The van der Waals surface area contributed by atoms with Crippen LogP contribution in [0.3, 0.4) is 0 Å². The number of aliphatic carboxylic acids is 1. The van der Waals surface area contributed by atoms with Crippen LogP contribution in [0.1, 0.15) is 73.1 Å². The average molecular weight is 405 g/mol. The molecule has 0 radical (unpaired) electrons. The summed E-state index contributed by atoms with van der Waals surface area (Å²) < 4.78 is 34.4. The lowest BCUT2D eigenvalue weighted by Crippen LogP contribution is -2.50. The molecule has 158 valence electrons. The van der Waals surface area contributed by atoms with Crippen molar-refractivity contribution in [2.24, 2.45) is 23.2 Å². The number of alkyl halides is 2. The molecule has 1 N–H and O–H groups in total. The van der Waals surface area contributed by atoms with E-state index >= 15 is 0 Å². The highest BCUT2D eigenvalue weighted by Gasteiger charge is 2.55. The van der Waals surface area contributed by atoms with Gasteiger partial charge in [0.15, 0.2) is 8.32 Å². The number of halogens is 2. The van der Waals surface area contributed by atoms with E-state index in [1.165, 1.54) is 0 Å². The predicted octanol–water partition coefficient (Wildman–Crippen LogP) is 6.34.